The van der Waals surface area contributed by atoms with Crippen LogP contribution in [0.1, 0.15) is 99.1 Å². The van der Waals surface area contributed by atoms with Gasteiger partial charge < -0.3 is 10.6 Å². The molecular weight excluding hydrogens is 745 g/mol. The van der Waals surface area contributed by atoms with Crippen LogP contribution in [0.2, 0.25) is 0 Å². The molecule has 2 aliphatic rings. The molecule has 0 spiro atoms. The first-order chi connectivity index (χ1) is 24.2. The molecule has 0 aromatic heterocycles. The first-order valence-electron chi connectivity index (χ1n) is 17.5. The predicted molar refractivity (Wildman–Crippen MR) is 211 cm³/mol. The van der Waals surface area contributed by atoms with E-state index in [9.17, 15) is 26.4 Å². The van der Waals surface area contributed by atoms with Crippen LogP contribution in [-0.2, 0) is 31.1 Å². The predicted octanol–water partition coefficient (Wildman–Crippen LogP) is 5.36. The van der Waals surface area contributed by atoms with E-state index in [0.29, 0.717) is 74.5 Å². The molecule has 2 amide bonds. The Labute approximate surface area is 316 Å². The van der Waals surface area contributed by atoms with Gasteiger partial charge in [0.1, 0.15) is 13.1 Å². The van der Waals surface area contributed by atoms with Crippen molar-refractivity contribution in [3.05, 3.63) is 58.7 Å². The van der Waals surface area contributed by atoms with E-state index in [1.54, 1.807) is 21.6 Å². The second kappa shape index (κ2) is 17.1. The number of carbonyl (C=O) groups is 2. The van der Waals surface area contributed by atoms with Gasteiger partial charge in [0, 0.05) is 85.7 Å². The van der Waals surface area contributed by atoms with Crippen molar-refractivity contribution in [1.29, 1.82) is 0 Å². The van der Waals surface area contributed by atoms with Crippen LogP contribution in [0.5, 0.6) is 0 Å². The Morgan fingerprint density at radius 2 is 1.02 bits per heavy atom. The molecule has 0 radical (unpaired) electrons. The largest absolute Gasteiger partial charge is 0.351 e. The Hall–Kier alpha value is -2.76. The number of fused-ring (bicyclic) bond motifs is 2. The van der Waals surface area contributed by atoms with Crippen LogP contribution in [0.3, 0.4) is 0 Å². The molecule has 2 aromatic carbocycles. The number of carbonyl (C=O) groups excluding carboxylic acids is 2. The van der Waals surface area contributed by atoms with Crippen molar-refractivity contribution in [2.24, 2.45) is 0 Å². The summed E-state index contributed by atoms with van der Waals surface area (Å²) in [6.07, 6.45) is 1.95. The molecule has 2 aliphatic heterocycles. The third-order valence-electron chi connectivity index (χ3n) is 10.2. The summed E-state index contributed by atoms with van der Waals surface area (Å²) in [5.74, 6) is 0.594. The maximum Gasteiger partial charge on any atom is 0.264 e. The summed E-state index contributed by atoms with van der Waals surface area (Å²) < 4.78 is 66.7. The smallest absolute Gasteiger partial charge is 0.264 e. The Morgan fingerprint density at radius 1 is 0.654 bits per heavy atom. The number of benzene rings is 2. The van der Waals surface area contributed by atoms with Gasteiger partial charge in [-0.1, -0.05) is 21.6 Å². The van der Waals surface area contributed by atoms with Crippen LogP contribution < -0.4 is 10.6 Å². The zero-order valence-corrected chi connectivity index (χ0v) is 34.1. The molecule has 2 heterocycles. The molecule has 0 unspecified atom stereocenters. The van der Waals surface area contributed by atoms with Gasteiger partial charge in [-0.05, 0) is 64.8 Å². The molecule has 16 heteroatoms. The van der Waals surface area contributed by atoms with Gasteiger partial charge in [-0.15, -0.1) is 0 Å². The van der Waals surface area contributed by atoms with E-state index in [2.05, 4.69) is 61.3 Å². The van der Waals surface area contributed by atoms with Crippen molar-refractivity contribution in [1.82, 2.24) is 10.6 Å². The van der Waals surface area contributed by atoms with Crippen molar-refractivity contribution >= 4 is 76.4 Å². The average molecular weight is 797 g/mol. The summed E-state index contributed by atoms with van der Waals surface area (Å²) in [4.78, 5) is 26.0. The molecule has 0 atom stereocenters. The van der Waals surface area contributed by atoms with E-state index in [1.165, 1.54) is 0 Å². The summed E-state index contributed by atoms with van der Waals surface area (Å²) in [6.45, 7) is 14.8. The van der Waals surface area contributed by atoms with Gasteiger partial charge in [-0.3, -0.25) is 18.7 Å². The highest BCUT2D eigenvalue weighted by molar-refractivity contribution is 8.76. The number of unbranched alkanes of at least 4 members (excludes halogenated alkanes) is 2. The number of rotatable bonds is 19. The molecule has 12 nitrogen and oxygen atoms in total. The monoisotopic (exact) mass is 796 g/mol. The Balaban J connectivity index is 1.18. The summed E-state index contributed by atoms with van der Waals surface area (Å²) >= 11 is 0. The van der Waals surface area contributed by atoms with E-state index >= 15 is 0 Å². The number of hydrogen-bond donors (Lipinski definition) is 4. The summed E-state index contributed by atoms with van der Waals surface area (Å²) in [6, 6.07) is 11.4. The Kier molecular flexibility index (Phi) is 13.8. The standard InChI is InChI=1S/C36H50N4O8S4/c1-25-35(3,4)29-23-27(11-13-31(29)39(25)17-7-9-21-51(43,44)45)33(41)37-15-19-49-50-20-16-38-34(42)28-12-14-32-30(24-28)36(5,6)26(2)40(32)18-8-10-22-52(46,47)48/h11-14,23-24H,7-10,15-22H2,1-6H3,(H2-2,37,38,41,42,43,44,45,46,47,48)/p+2. The van der Waals surface area contributed by atoms with Gasteiger partial charge >= 0.3 is 0 Å². The SMILES string of the molecule is CC1=[N+](CCCCS(=O)(=O)O)c2ccc(C(=O)NCCSSCCNC(=O)c3ccc4c(c3)C(C)(C)C(C)=[N+]4CCCCS(=O)(=O)O)cc2C1(C)C. The van der Waals surface area contributed by atoms with Gasteiger partial charge in [-0.2, -0.15) is 26.0 Å². The van der Waals surface area contributed by atoms with Gasteiger partial charge in [0.25, 0.3) is 32.1 Å². The first-order valence-corrected chi connectivity index (χ1v) is 23.2. The lowest BCUT2D eigenvalue weighted by molar-refractivity contribution is -0.439. The van der Waals surface area contributed by atoms with E-state index in [0.717, 1.165) is 33.9 Å². The van der Waals surface area contributed by atoms with E-state index in [4.69, 9.17) is 9.11 Å². The van der Waals surface area contributed by atoms with Crippen LogP contribution in [0.15, 0.2) is 36.4 Å². The van der Waals surface area contributed by atoms with Crippen LogP contribution >= 0.6 is 21.6 Å². The molecule has 0 aliphatic carbocycles. The molecule has 0 saturated carbocycles. The molecule has 0 saturated heterocycles. The minimum atomic E-state index is -3.98. The third kappa shape index (κ3) is 10.5. The summed E-state index contributed by atoms with van der Waals surface area (Å²) in [5, 5.41) is 5.99. The number of nitrogens with zero attached hydrogens (tertiary/aromatic N) is 2. The number of nitrogens with one attached hydrogen (secondary N) is 2. The summed E-state index contributed by atoms with van der Waals surface area (Å²) in [7, 11) is -4.70. The fraction of sp³-hybridized carbons (Fsp3) is 0.556. The van der Waals surface area contributed by atoms with Gasteiger partial charge in [0.05, 0.1) is 22.3 Å². The van der Waals surface area contributed by atoms with Crippen LogP contribution in [-0.4, -0.2) is 108 Å². The Bertz CT molecular complexity index is 1830. The number of hydrogen-bond acceptors (Lipinski definition) is 8. The fourth-order valence-electron chi connectivity index (χ4n) is 6.67. The zero-order chi connectivity index (χ0) is 38.5. The molecule has 4 rings (SSSR count). The maximum absolute atomic E-state index is 13.0. The van der Waals surface area contributed by atoms with Crippen molar-refractivity contribution in [3.63, 3.8) is 0 Å². The minimum Gasteiger partial charge on any atom is -0.351 e. The molecule has 0 fully saturated rings. The first kappa shape index (κ1) is 42.0. The summed E-state index contributed by atoms with van der Waals surface area (Å²) in [5.41, 5.74) is 6.95. The highest BCUT2D eigenvalue weighted by Gasteiger charge is 2.44. The molecular formula is C36H52N4O8S4+2. The average Bonchev–Trinajstić information content (AvgIpc) is 3.37. The minimum absolute atomic E-state index is 0.147. The maximum atomic E-state index is 13.0. The van der Waals surface area contributed by atoms with E-state index in [1.807, 2.05) is 36.4 Å². The highest BCUT2D eigenvalue weighted by Crippen LogP contribution is 2.41. The van der Waals surface area contributed by atoms with Crippen molar-refractivity contribution < 1.29 is 44.7 Å². The second-order valence-electron chi connectivity index (χ2n) is 14.3. The van der Waals surface area contributed by atoms with E-state index in [-0.39, 0.29) is 34.2 Å². The van der Waals surface area contributed by atoms with Crippen LogP contribution in [0.25, 0.3) is 0 Å². The number of amides is 2. The molecule has 52 heavy (non-hydrogen) atoms. The van der Waals surface area contributed by atoms with Gasteiger partial charge in [-0.25, -0.2) is 0 Å². The Morgan fingerprint density at radius 3 is 1.37 bits per heavy atom. The lowest BCUT2D eigenvalue weighted by Crippen LogP contribution is -2.28. The lowest BCUT2D eigenvalue weighted by Gasteiger charge is -2.16. The normalized spacial score (nSPS) is 16.2. The highest BCUT2D eigenvalue weighted by atomic mass is 33.1. The van der Waals surface area contributed by atoms with Crippen LogP contribution in [0, 0.1) is 0 Å². The van der Waals surface area contributed by atoms with Gasteiger partial charge in [0.15, 0.2) is 11.4 Å². The van der Waals surface area contributed by atoms with E-state index < -0.39 is 20.2 Å². The van der Waals surface area contributed by atoms with Crippen molar-refractivity contribution in [2.45, 2.75) is 78.1 Å². The molecule has 2 aromatic rings. The topological polar surface area (TPSA) is 173 Å². The quantitative estimate of drug-likeness (QED) is 0.0628. The second-order valence-corrected chi connectivity index (χ2v) is 20.2. The van der Waals surface area contributed by atoms with Gasteiger partial charge in [0.2, 0.25) is 11.4 Å². The molecule has 286 valence electrons. The lowest BCUT2D eigenvalue weighted by atomic mass is 9.81. The van der Waals surface area contributed by atoms with Crippen LogP contribution in [0.4, 0.5) is 11.4 Å². The van der Waals surface area contributed by atoms with Crippen molar-refractivity contribution in [2.75, 3.05) is 49.2 Å². The van der Waals surface area contributed by atoms with Crippen molar-refractivity contribution in [3.8, 4) is 0 Å². The molecule has 0 bridgehead atoms. The fourth-order valence-corrected chi connectivity index (χ4v) is 9.62. The zero-order valence-electron chi connectivity index (χ0n) is 30.8. The molecule has 4 N–H and O–H groups in total. The third-order valence-corrected chi connectivity index (χ3v) is 14.2.